The van der Waals surface area contributed by atoms with Crippen molar-refractivity contribution >= 4 is 15.9 Å². The molecule has 0 amide bonds. The number of phenolic OH excluding ortho intramolecular Hbond substituents is 1. The van der Waals surface area contributed by atoms with Crippen LogP contribution in [0.4, 0.5) is 0 Å². The second-order valence-electron chi connectivity index (χ2n) is 6.76. The lowest BCUT2D eigenvalue weighted by Gasteiger charge is -2.28. The molecule has 1 aromatic rings. The number of hydrogen-bond donors (Lipinski definition) is 1. The fraction of sp³-hybridized carbons (Fsp3) is 0.600. The van der Waals surface area contributed by atoms with Crippen molar-refractivity contribution in [3.8, 4) is 5.75 Å². The minimum atomic E-state index is -0.0553. The van der Waals surface area contributed by atoms with Crippen LogP contribution >= 0.6 is 15.9 Å². The molecule has 0 spiro atoms. The molecule has 0 saturated carbocycles. The molecule has 2 heteroatoms. The molecule has 0 aromatic heterocycles. The first-order chi connectivity index (χ1) is 7.46. The van der Waals surface area contributed by atoms with Gasteiger partial charge in [-0.15, -0.1) is 0 Å². The summed E-state index contributed by atoms with van der Waals surface area (Å²) >= 11 is 3.52. The van der Waals surface area contributed by atoms with Gasteiger partial charge in [0.25, 0.3) is 0 Å². The van der Waals surface area contributed by atoms with Crippen molar-refractivity contribution in [3.05, 3.63) is 27.2 Å². The number of phenols is 1. The van der Waals surface area contributed by atoms with Crippen molar-refractivity contribution < 1.29 is 5.11 Å². The maximum atomic E-state index is 10.3. The summed E-state index contributed by atoms with van der Waals surface area (Å²) in [6.07, 6.45) is 0. The largest absolute Gasteiger partial charge is 0.506 e. The number of benzene rings is 1. The summed E-state index contributed by atoms with van der Waals surface area (Å²) in [5.74, 6) is 0.378. The van der Waals surface area contributed by atoms with Gasteiger partial charge in [0.1, 0.15) is 5.75 Å². The molecule has 1 aromatic carbocycles. The molecule has 0 radical (unpaired) electrons. The normalized spacial score (nSPS) is 12.9. The van der Waals surface area contributed by atoms with Gasteiger partial charge >= 0.3 is 0 Å². The maximum Gasteiger partial charge on any atom is 0.133 e. The van der Waals surface area contributed by atoms with Gasteiger partial charge in [-0.2, -0.15) is 0 Å². The third-order valence-electron chi connectivity index (χ3n) is 3.10. The van der Waals surface area contributed by atoms with E-state index in [1.165, 1.54) is 5.56 Å². The van der Waals surface area contributed by atoms with Gasteiger partial charge in [-0.1, -0.05) is 47.6 Å². The fourth-order valence-corrected chi connectivity index (χ4v) is 2.51. The zero-order valence-electron chi connectivity index (χ0n) is 11.9. The van der Waals surface area contributed by atoms with E-state index in [9.17, 15) is 5.11 Å². The van der Waals surface area contributed by atoms with E-state index in [1.807, 2.05) is 0 Å². The lowest BCUT2D eigenvalue weighted by Crippen LogP contribution is -2.18. The van der Waals surface area contributed by atoms with Gasteiger partial charge in [0.2, 0.25) is 0 Å². The Hall–Kier alpha value is -0.500. The Kier molecular flexibility index (Phi) is 3.69. The summed E-state index contributed by atoms with van der Waals surface area (Å²) in [5.41, 5.74) is 3.44. The van der Waals surface area contributed by atoms with Gasteiger partial charge in [-0.25, -0.2) is 0 Å². The molecule has 0 bridgehead atoms. The predicted molar refractivity (Wildman–Crippen MR) is 77.9 cm³/mol. The van der Waals surface area contributed by atoms with E-state index in [0.717, 1.165) is 15.6 Å². The van der Waals surface area contributed by atoms with Crippen LogP contribution in [0.5, 0.6) is 5.75 Å². The summed E-state index contributed by atoms with van der Waals surface area (Å²) in [7, 11) is 0. The lowest BCUT2D eigenvalue weighted by molar-refractivity contribution is 0.440. The van der Waals surface area contributed by atoms with Gasteiger partial charge in [0.15, 0.2) is 0 Å². The van der Waals surface area contributed by atoms with Gasteiger partial charge < -0.3 is 5.11 Å². The minimum Gasteiger partial charge on any atom is -0.506 e. The van der Waals surface area contributed by atoms with Crippen molar-refractivity contribution in [2.45, 2.75) is 59.3 Å². The van der Waals surface area contributed by atoms with E-state index in [0.29, 0.717) is 5.75 Å². The number of halogens is 1. The Morgan fingerprint density at radius 2 is 1.35 bits per heavy atom. The van der Waals surface area contributed by atoms with Crippen LogP contribution in [0.3, 0.4) is 0 Å². The molecule has 0 aliphatic heterocycles. The highest BCUT2D eigenvalue weighted by Gasteiger charge is 2.26. The topological polar surface area (TPSA) is 20.2 Å². The van der Waals surface area contributed by atoms with Crippen molar-refractivity contribution in [3.63, 3.8) is 0 Å². The SMILES string of the molecule is Cc1c(C(C)(C)C)cc(C(C)(C)C)c(O)c1Br. The number of rotatable bonds is 0. The molecule has 0 aliphatic rings. The van der Waals surface area contributed by atoms with Crippen LogP contribution in [0, 0.1) is 6.92 Å². The average Bonchev–Trinajstić information content (AvgIpc) is 2.10. The summed E-state index contributed by atoms with van der Waals surface area (Å²) in [6, 6.07) is 2.15. The van der Waals surface area contributed by atoms with E-state index in [4.69, 9.17) is 0 Å². The Balaban J connectivity index is 3.63. The predicted octanol–water partition coefficient (Wildman–Crippen LogP) is 5.06. The van der Waals surface area contributed by atoms with Crippen molar-refractivity contribution in [1.82, 2.24) is 0 Å². The summed E-state index contributed by atoms with van der Waals surface area (Å²) < 4.78 is 0.829. The summed E-state index contributed by atoms with van der Waals surface area (Å²) in [4.78, 5) is 0. The highest BCUT2D eigenvalue weighted by molar-refractivity contribution is 9.10. The van der Waals surface area contributed by atoms with E-state index in [1.54, 1.807) is 0 Å². The third-order valence-corrected chi connectivity index (χ3v) is 4.07. The Labute approximate surface area is 113 Å². The van der Waals surface area contributed by atoms with Gasteiger partial charge in [-0.05, 0) is 44.8 Å². The van der Waals surface area contributed by atoms with Crippen molar-refractivity contribution in [1.29, 1.82) is 0 Å². The molecule has 0 aliphatic carbocycles. The van der Waals surface area contributed by atoms with Crippen LogP contribution in [0.1, 0.15) is 58.2 Å². The lowest BCUT2D eigenvalue weighted by atomic mass is 9.78. The smallest absolute Gasteiger partial charge is 0.133 e. The first-order valence-corrected chi connectivity index (χ1v) is 6.78. The van der Waals surface area contributed by atoms with E-state index in [-0.39, 0.29) is 10.8 Å². The third kappa shape index (κ3) is 2.85. The number of hydrogen-bond acceptors (Lipinski definition) is 1. The van der Waals surface area contributed by atoms with Crippen molar-refractivity contribution in [2.75, 3.05) is 0 Å². The van der Waals surface area contributed by atoms with Crippen LogP contribution in [0.25, 0.3) is 0 Å². The molecule has 0 atom stereocenters. The first-order valence-electron chi connectivity index (χ1n) is 5.99. The van der Waals surface area contributed by atoms with Crippen LogP contribution in [0.2, 0.25) is 0 Å². The zero-order valence-corrected chi connectivity index (χ0v) is 13.5. The molecule has 0 saturated heterocycles. The molecule has 17 heavy (non-hydrogen) atoms. The molecular formula is C15H23BrO. The molecule has 0 unspecified atom stereocenters. The standard InChI is InChI=1S/C15H23BrO/c1-9-10(14(2,3)4)8-11(15(5,6)7)13(17)12(9)16/h8,17H,1-7H3. The highest BCUT2D eigenvalue weighted by Crippen LogP contribution is 2.42. The quantitative estimate of drug-likeness (QED) is 0.710. The zero-order chi connectivity index (χ0) is 13.6. The van der Waals surface area contributed by atoms with Gasteiger partial charge in [0.05, 0.1) is 4.47 Å². The van der Waals surface area contributed by atoms with E-state index in [2.05, 4.69) is 70.5 Å². The van der Waals surface area contributed by atoms with E-state index < -0.39 is 0 Å². The molecule has 1 rings (SSSR count). The van der Waals surface area contributed by atoms with Crippen molar-refractivity contribution in [2.24, 2.45) is 0 Å². The van der Waals surface area contributed by atoms with Gasteiger partial charge in [-0.3, -0.25) is 0 Å². The molecular weight excluding hydrogens is 276 g/mol. The van der Waals surface area contributed by atoms with Gasteiger partial charge in [0, 0.05) is 5.56 Å². The van der Waals surface area contributed by atoms with Crippen LogP contribution in [-0.2, 0) is 10.8 Å². The Bertz CT molecular complexity index is 395. The van der Waals surface area contributed by atoms with Crippen LogP contribution in [0.15, 0.2) is 10.5 Å². The molecule has 0 fully saturated rings. The van der Waals surface area contributed by atoms with Crippen LogP contribution in [-0.4, -0.2) is 5.11 Å². The average molecular weight is 299 g/mol. The second-order valence-corrected chi connectivity index (χ2v) is 7.55. The summed E-state index contributed by atoms with van der Waals surface area (Å²) in [6.45, 7) is 15.0. The fourth-order valence-electron chi connectivity index (χ4n) is 2.09. The minimum absolute atomic E-state index is 0.0553. The van der Waals surface area contributed by atoms with Crippen LogP contribution < -0.4 is 0 Å². The molecule has 96 valence electrons. The molecule has 1 nitrogen and oxygen atoms in total. The second kappa shape index (κ2) is 4.31. The first kappa shape index (κ1) is 14.6. The van der Waals surface area contributed by atoms with E-state index >= 15 is 0 Å². The Morgan fingerprint density at radius 3 is 1.71 bits per heavy atom. The Morgan fingerprint density at radius 1 is 0.941 bits per heavy atom. The highest BCUT2D eigenvalue weighted by atomic mass is 79.9. The monoisotopic (exact) mass is 298 g/mol. The molecule has 1 N–H and O–H groups in total. The maximum absolute atomic E-state index is 10.3. The summed E-state index contributed by atoms with van der Waals surface area (Å²) in [5, 5.41) is 10.3. The molecule has 0 heterocycles. The number of aromatic hydroxyl groups is 1.